The summed E-state index contributed by atoms with van der Waals surface area (Å²) in [6.07, 6.45) is 3.32. The standard InChI is InChI=1S/C15H21N3O2S/c16-11-13-4-6-15(7-5-13)21(19,20)10-9-18-8-2-1-3-14(18)12-17/h4-7,14H,1-3,8-10,12,17H2. The lowest BCUT2D eigenvalue weighted by Gasteiger charge is -2.34. The van der Waals surface area contributed by atoms with Crippen molar-refractivity contribution in [1.29, 1.82) is 5.26 Å². The summed E-state index contributed by atoms with van der Waals surface area (Å²) in [7, 11) is -3.31. The first kappa shape index (κ1) is 16.0. The number of nitriles is 1. The molecule has 5 nitrogen and oxygen atoms in total. The maximum absolute atomic E-state index is 12.3. The van der Waals surface area contributed by atoms with E-state index in [0.717, 1.165) is 19.4 Å². The fourth-order valence-corrected chi connectivity index (χ4v) is 3.97. The van der Waals surface area contributed by atoms with Gasteiger partial charge in [-0.25, -0.2) is 8.42 Å². The van der Waals surface area contributed by atoms with Gasteiger partial charge in [0.2, 0.25) is 0 Å². The monoisotopic (exact) mass is 307 g/mol. The number of rotatable bonds is 5. The molecular formula is C15H21N3O2S. The summed E-state index contributed by atoms with van der Waals surface area (Å²) in [5.74, 6) is 0.0927. The van der Waals surface area contributed by atoms with E-state index in [0.29, 0.717) is 24.7 Å². The number of nitrogens with two attached hydrogens (primary N) is 1. The van der Waals surface area contributed by atoms with E-state index in [1.54, 1.807) is 0 Å². The summed E-state index contributed by atoms with van der Waals surface area (Å²) in [5.41, 5.74) is 6.22. The number of hydrogen-bond donors (Lipinski definition) is 1. The molecule has 1 fully saturated rings. The third-order valence-electron chi connectivity index (χ3n) is 4.01. The zero-order valence-corrected chi connectivity index (χ0v) is 12.8. The second-order valence-corrected chi connectivity index (χ2v) is 7.49. The van der Waals surface area contributed by atoms with Crippen molar-refractivity contribution < 1.29 is 8.42 Å². The minimum Gasteiger partial charge on any atom is -0.329 e. The molecule has 1 aromatic carbocycles. The number of likely N-dealkylation sites (tertiary alicyclic amines) is 1. The van der Waals surface area contributed by atoms with Crippen molar-refractivity contribution in [3.05, 3.63) is 29.8 Å². The third kappa shape index (κ3) is 4.03. The highest BCUT2D eigenvalue weighted by Gasteiger charge is 2.23. The lowest BCUT2D eigenvalue weighted by atomic mass is 10.0. The van der Waals surface area contributed by atoms with E-state index in [-0.39, 0.29) is 10.6 Å². The summed E-state index contributed by atoms with van der Waals surface area (Å²) < 4.78 is 24.7. The highest BCUT2D eigenvalue weighted by molar-refractivity contribution is 7.91. The van der Waals surface area contributed by atoms with Crippen LogP contribution in [0.1, 0.15) is 24.8 Å². The fourth-order valence-electron chi connectivity index (χ4n) is 2.71. The number of benzene rings is 1. The average Bonchev–Trinajstić information content (AvgIpc) is 2.53. The van der Waals surface area contributed by atoms with Crippen LogP contribution in [0.2, 0.25) is 0 Å². The molecule has 1 heterocycles. The van der Waals surface area contributed by atoms with Crippen LogP contribution >= 0.6 is 0 Å². The molecule has 0 radical (unpaired) electrons. The third-order valence-corrected chi connectivity index (χ3v) is 5.72. The van der Waals surface area contributed by atoms with Gasteiger partial charge in [0.05, 0.1) is 22.3 Å². The molecule has 1 aliphatic heterocycles. The molecule has 1 aromatic rings. The van der Waals surface area contributed by atoms with Gasteiger partial charge in [-0.3, -0.25) is 4.90 Å². The van der Waals surface area contributed by atoms with Gasteiger partial charge in [-0.05, 0) is 43.7 Å². The van der Waals surface area contributed by atoms with Crippen molar-refractivity contribution in [2.24, 2.45) is 5.73 Å². The van der Waals surface area contributed by atoms with Crippen molar-refractivity contribution >= 4 is 9.84 Å². The van der Waals surface area contributed by atoms with Gasteiger partial charge >= 0.3 is 0 Å². The minimum absolute atomic E-state index is 0.0927. The zero-order chi connectivity index (χ0) is 15.3. The predicted octanol–water partition coefficient (Wildman–Crippen LogP) is 1.15. The molecule has 6 heteroatoms. The van der Waals surface area contributed by atoms with Gasteiger partial charge in [0, 0.05) is 19.1 Å². The maximum atomic E-state index is 12.3. The van der Waals surface area contributed by atoms with E-state index >= 15 is 0 Å². The highest BCUT2D eigenvalue weighted by Crippen LogP contribution is 2.18. The van der Waals surface area contributed by atoms with Crippen LogP contribution in [0.25, 0.3) is 0 Å². The maximum Gasteiger partial charge on any atom is 0.179 e. The minimum atomic E-state index is -3.31. The van der Waals surface area contributed by atoms with E-state index in [1.165, 1.54) is 30.7 Å². The van der Waals surface area contributed by atoms with Gasteiger partial charge in [-0.15, -0.1) is 0 Å². The van der Waals surface area contributed by atoms with Crippen molar-refractivity contribution in [2.45, 2.75) is 30.2 Å². The van der Waals surface area contributed by atoms with Crippen molar-refractivity contribution in [2.75, 3.05) is 25.4 Å². The average molecular weight is 307 g/mol. The summed E-state index contributed by atoms with van der Waals surface area (Å²) in [6.45, 7) is 2.02. The second-order valence-electron chi connectivity index (χ2n) is 5.38. The van der Waals surface area contributed by atoms with Gasteiger partial charge in [0.15, 0.2) is 9.84 Å². The normalized spacial score (nSPS) is 20.1. The zero-order valence-electron chi connectivity index (χ0n) is 12.0. The second kappa shape index (κ2) is 7.03. The van der Waals surface area contributed by atoms with E-state index in [4.69, 9.17) is 11.0 Å². The topological polar surface area (TPSA) is 87.2 Å². The van der Waals surface area contributed by atoms with Crippen LogP contribution in [-0.4, -0.2) is 44.7 Å². The van der Waals surface area contributed by atoms with Gasteiger partial charge < -0.3 is 5.73 Å². The Morgan fingerprint density at radius 2 is 2.00 bits per heavy atom. The first-order chi connectivity index (χ1) is 10.1. The summed E-state index contributed by atoms with van der Waals surface area (Å²) >= 11 is 0. The van der Waals surface area contributed by atoms with Crippen LogP contribution in [0.3, 0.4) is 0 Å². The Hall–Kier alpha value is -1.42. The van der Waals surface area contributed by atoms with Gasteiger partial charge in [0.1, 0.15) is 0 Å². The van der Waals surface area contributed by atoms with Crippen LogP contribution < -0.4 is 5.73 Å². The largest absolute Gasteiger partial charge is 0.329 e. The number of sulfone groups is 1. The Kier molecular flexibility index (Phi) is 5.34. The molecule has 1 aliphatic rings. The molecular weight excluding hydrogens is 286 g/mol. The molecule has 0 saturated carbocycles. The molecule has 1 saturated heterocycles. The first-order valence-electron chi connectivity index (χ1n) is 7.24. The van der Waals surface area contributed by atoms with Crippen LogP contribution in [0.15, 0.2) is 29.2 Å². The Bertz CT molecular complexity index is 605. The molecule has 21 heavy (non-hydrogen) atoms. The Labute approximate surface area is 126 Å². The van der Waals surface area contributed by atoms with E-state index in [9.17, 15) is 8.42 Å². The molecule has 0 amide bonds. The summed E-state index contributed by atoms with van der Waals surface area (Å²) in [5, 5.41) is 8.74. The van der Waals surface area contributed by atoms with E-state index in [2.05, 4.69) is 4.90 Å². The van der Waals surface area contributed by atoms with Crippen molar-refractivity contribution in [1.82, 2.24) is 4.90 Å². The van der Waals surface area contributed by atoms with Crippen LogP contribution in [0, 0.1) is 11.3 Å². The van der Waals surface area contributed by atoms with E-state index < -0.39 is 9.84 Å². The first-order valence-corrected chi connectivity index (χ1v) is 8.89. The Morgan fingerprint density at radius 3 is 2.62 bits per heavy atom. The summed E-state index contributed by atoms with van der Waals surface area (Å²) in [6, 6.07) is 8.37. The SMILES string of the molecule is N#Cc1ccc(S(=O)(=O)CCN2CCCCC2CN)cc1. The molecule has 0 aromatic heterocycles. The number of nitrogens with zero attached hydrogens (tertiary/aromatic N) is 2. The molecule has 114 valence electrons. The van der Waals surface area contributed by atoms with Crippen molar-refractivity contribution in [3.63, 3.8) is 0 Å². The molecule has 1 unspecified atom stereocenters. The van der Waals surface area contributed by atoms with Gasteiger partial charge in [-0.2, -0.15) is 5.26 Å². The number of hydrogen-bond acceptors (Lipinski definition) is 5. The van der Waals surface area contributed by atoms with Crippen LogP contribution in [-0.2, 0) is 9.84 Å². The van der Waals surface area contributed by atoms with Crippen LogP contribution in [0.5, 0.6) is 0 Å². The van der Waals surface area contributed by atoms with Crippen molar-refractivity contribution in [3.8, 4) is 6.07 Å². The molecule has 1 atom stereocenters. The Balaban J connectivity index is 2.01. The molecule has 0 spiro atoms. The number of piperidine rings is 1. The fraction of sp³-hybridized carbons (Fsp3) is 0.533. The molecule has 2 N–H and O–H groups in total. The smallest absolute Gasteiger partial charge is 0.179 e. The quantitative estimate of drug-likeness (QED) is 0.881. The lowest BCUT2D eigenvalue weighted by Crippen LogP contribution is -2.45. The Morgan fingerprint density at radius 1 is 1.29 bits per heavy atom. The molecule has 0 aliphatic carbocycles. The lowest BCUT2D eigenvalue weighted by molar-refractivity contribution is 0.162. The summed E-state index contributed by atoms with van der Waals surface area (Å²) in [4.78, 5) is 2.47. The molecule has 0 bridgehead atoms. The van der Waals surface area contributed by atoms with Gasteiger partial charge in [0.25, 0.3) is 0 Å². The predicted molar refractivity (Wildman–Crippen MR) is 81.5 cm³/mol. The van der Waals surface area contributed by atoms with E-state index in [1.807, 2.05) is 6.07 Å². The van der Waals surface area contributed by atoms with Gasteiger partial charge in [-0.1, -0.05) is 6.42 Å². The molecule has 2 rings (SSSR count). The van der Waals surface area contributed by atoms with Crippen LogP contribution in [0.4, 0.5) is 0 Å². The highest BCUT2D eigenvalue weighted by atomic mass is 32.2.